The van der Waals surface area contributed by atoms with Crippen molar-refractivity contribution in [1.82, 2.24) is 5.43 Å². The van der Waals surface area contributed by atoms with Crippen LogP contribution < -0.4 is 10.2 Å². The number of nitrogens with zero attached hydrogens (tertiary/aromatic N) is 1. The molecule has 8 heteroatoms. The molecule has 0 bridgehead atoms. The summed E-state index contributed by atoms with van der Waals surface area (Å²) in [5.41, 5.74) is 4.19. The molecule has 3 aromatic carbocycles. The molecule has 0 fully saturated rings. The SMILES string of the molecule is O=C(N/N=C\c1c(Cl)cccc1Cl)c1ccc(OCc2ccc(Cl)cc2Cl)cc1. The van der Waals surface area contributed by atoms with E-state index >= 15 is 0 Å². The van der Waals surface area contributed by atoms with E-state index in [1.807, 2.05) is 0 Å². The lowest BCUT2D eigenvalue weighted by atomic mass is 10.2. The molecular formula is C21H14Cl4N2O2. The van der Waals surface area contributed by atoms with Crippen LogP contribution in [0.5, 0.6) is 5.75 Å². The molecule has 0 spiro atoms. The number of hydrogen-bond acceptors (Lipinski definition) is 3. The minimum Gasteiger partial charge on any atom is -0.489 e. The van der Waals surface area contributed by atoms with Crippen molar-refractivity contribution in [2.75, 3.05) is 0 Å². The lowest BCUT2D eigenvalue weighted by molar-refractivity contribution is 0.0955. The van der Waals surface area contributed by atoms with Gasteiger partial charge in [-0.15, -0.1) is 0 Å². The fraction of sp³-hybridized carbons (Fsp3) is 0.0476. The highest BCUT2D eigenvalue weighted by Crippen LogP contribution is 2.23. The standard InChI is InChI=1S/C21H14Cl4N2O2/c22-15-7-4-14(20(25)10-15)12-29-16-8-5-13(6-9-16)21(28)27-26-11-17-18(23)2-1-3-19(17)24/h1-11H,12H2,(H,27,28)/b26-11-. The Morgan fingerprint density at radius 2 is 1.62 bits per heavy atom. The van der Waals surface area contributed by atoms with Crippen LogP contribution in [0, 0.1) is 0 Å². The summed E-state index contributed by atoms with van der Waals surface area (Å²) in [5.74, 6) is 0.218. The predicted octanol–water partition coefficient (Wildman–Crippen LogP) is 6.64. The second-order valence-electron chi connectivity index (χ2n) is 5.88. The molecule has 148 valence electrons. The first-order valence-electron chi connectivity index (χ1n) is 8.38. The van der Waals surface area contributed by atoms with E-state index in [-0.39, 0.29) is 12.5 Å². The van der Waals surface area contributed by atoms with E-state index in [0.29, 0.717) is 37.0 Å². The van der Waals surface area contributed by atoms with Crippen LogP contribution in [0.15, 0.2) is 65.8 Å². The normalized spacial score (nSPS) is 10.9. The molecule has 1 N–H and O–H groups in total. The maximum atomic E-state index is 12.2. The van der Waals surface area contributed by atoms with Crippen molar-refractivity contribution in [2.45, 2.75) is 6.61 Å². The van der Waals surface area contributed by atoms with Crippen LogP contribution in [0.3, 0.4) is 0 Å². The van der Waals surface area contributed by atoms with E-state index in [1.54, 1.807) is 60.7 Å². The zero-order valence-corrected chi connectivity index (χ0v) is 17.9. The van der Waals surface area contributed by atoms with E-state index < -0.39 is 0 Å². The Morgan fingerprint density at radius 1 is 0.931 bits per heavy atom. The first-order chi connectivity index (χ1) is 13.9. The number of nitrogens with one attached hydrogen (secondary N) is 1. The third-order valence-corrected chi connectivity index (χ3v) is 5.13. The van der Waals surface area contributed by atoms with E-state index in [4.69, 9.17) is 51.1 Å². The van der Waals surface area contributed by atoms with Crippen LogP contribution in [0.25, 0.3) is 0 Å². The Balaban J connectivity index is 1.58. The quantitative estimate of drug-likeness (QED) is 0.326. The van der Waals surface area contributed by atoms with Crippen molar-refractivity contribution in [1.29, 1.82) is 0 Å². The summed E-state index contributed by atoms with van der Waals surface area (Å²) >= 11 is 24.1. The second kappa shape index (κ2) is 9.99. The predicted molar refractivity (Wildman–Crippen MR) is 119 cm³/mol. The smallest absolute Gasteiger partial charge is 0.271 e. The molecule has 0 radical (unpaired) electrons. The summed E-state index contributed by atoms with van der Waals surface area (Å²) < 4.78 is 5.69. The molecule has 3 aromatic rings. The van der Waals surface area contributed by atoms with Gasteiger partial charge in [0.2, 0.25) is 0 Å². The molecule has 0 unspecified atom stereocenters. The molecule has 4 nitrogen and oxygen atoms in total. The van der Waals surface area contributed by atoms with Gasteiger partial charge in [0.15, 0.2) is 0 Å². The second-order valence-corrected chi connectivity index (χ2v) is 7.54. The number of carbonyl (C=O) groups excluding carboxylic acids is 1. The maximum Gasteiger partial charge on any atom is 0.271 e. The summed E-state index contributed by atoms with van der Waals surface area (Å²) in [6.07, 6.45) is 1.40. The molecule has 0 aliphatic rings. The van der Waals surface area contributed by atoms with Crippen LogP contribution in [-0.4, -0.2) is 12.1 Å². The lowest BCUT2D eigenvalue weighted by Crippen LogP contribution is -2.17. The van der Waals surface area contributed by atoms with Crippen LogP contribution in [0.4, 0.5) is 0 Å². The molecule has 0 saturated heterocycles. The van der Waals surface area contributed by atoms with Gasteiger partial charge in [0, 0.05) is 26.7 Å². The summed E-state index contributed by atoms with van der Waals surface area (Å²) in [5, 5.41) is 5.89. The maximum absolute atomic E-state index is 12.2. The zero-order valence-electron chi connectivity index (χ0n) is 14.8. The van der Waals surface area contributed by atoms with Gasteiger partial charge in [0.25, 0.3) is 5.91 Å². The van der Waals surface area contributed by atoms with Gasteiger partial charge in [0.1, 0.15) is 12.4 Å². The van der Waals surface area contributed by atoms with Gasteiger partial charge < -0.3 is 4.74 Å². The van der Waals surface area contributed by atoms with Gasteiger partial charge in [0.05, 0.1) is 16.3 Å². The highest BCUT2D eigenvalue weighted by Gasteiger charge is 2.07. The van der Waals surface area contributed by atoms with Gasteiger partial charge in [-0.3, -0.25) is 4.79 Å². The van der Waals surface area contributed by atoms with Crippen molar-refractivity contribution in [3.63, 3.8) is 0 Å². The summed E-state index contributed by atoms with van der Waals surface area (Å²) in [7, 11) is 0. The number of benzene rings is 3. The van der Waals surface area contributed by atoms with Crippen molar-refractivity contribution in [3.8, 4) is 5.75 Å². The van der Waals surface area contributed by atoms with Gasteiger partial charge in [-0.2, -0.15) is 5.10 Å². The molecule has 1 amide bonds. The topological polar surface area (TPSA) is 50.7 Å². The zero-order chi connectivity index (χ0) is 20.8. The average Bonchev–Trinajstić information content (AvgIpc) is 2.70. The lowest BCUT2D eigenvalue weighted by Gasteiger charge is -2.08. The first kappa shape index (κ1) is 21.5. The summed E-state index contributed by atoms with van der Waals surface area (Å²) in [4.78, 5) is 12.2. The van der Waals surface area contributed by atoms with Crippen molar-refractivity contribution < 1.29 is 9.53 Å². The molecule has 29 heavy (non-hydrogen) atoms. The molecule has 0 aromatic heterocycles. The highest BCUT2D eigenvalue weighted by molar-refractivity contribution is 6.38. The summed E-state index contributed by atoms with van der Waals surface area (Å²) in [6, 6.07) is 16.9. The fourth-order valence-corrected chi connectivity index (χ4v) is 3.31. The Labute approximate surface area is 188 Å². The van der Waals surface area contributed by atoms with Crippen LogP contribution in [0.2, 0.25) is 20.1 Å². The minimum atomic E-state index is -0.378. The van der Waals surface area contributed by atoms with Crippen molar-refractivity contribution in [2.24, 2.45) is 5.10 Å². The largest absolute Gasteiger partial charge is 0.489 e. The molecule has 0 aliphatic heterocycles. The number of rotatable bonds is 6. The number of hydrazone groups is 1. The first-order valence-corrected chi connectivity index (χ1v) is 9.89. The third-order valence-electron chi connectivity index (χ3n) is 3.89. The van der Waals surface area contributed by atoms with Crippen LogP contribution in [-0.2, 0) is 6.61 Å². The Kier molecular flexibility index (Phi) is 7.40. The number of ether oxygens (including phenoxy) is 1. The van der Waals surface area contributed by atoms with Gasteiger partial charge in [-0.05, 0) is 48.5 Å². The van der Waals surface area contributed by atoms with E-state index in [0.717, 1.165) is 5.56 Å². The third kappa shape index (κ3) is 5.87. The average molecular weight is 468 g/mol. The molecule has 0 aliphatic carbocycles. The van der Waals surface area contributed by atoms with E-state index in [2.05, 4.69) is 10.5 Å². The van der Waals surface area contributed by atoms with Crippen molar-refractivity contribution in [3.05, 3.63) is 97.4 Å². The van der Waals surface area contributed by atoms with Gasteiger partial charge >= 0.3 is 0 Å². The monoisotopic (exact) mass is 466 g/mol. The Hall–Kier alpha value is -2.24. The molecule has 0 heterocycles. The molecular weight excluding hydrogens is 454 g/mol. The number of halogens is 4. The molecule has 0 saturated carbocycles. The summed E-state index contributed by atoms with van der Waals surface area (Å²) in [6.45, 7) is 0.282. The van der Waals surface area contributed by atoms with Gasteiger partial charge in [-0.25, -0.2) is 5.43 Å². The Bertz CT molecular complexity index is 1030. The number of hydrogen-bond donors (Lipinski definition) is 1. The number of amides is 1. The Morgan fingerprint density at radius 3 is 2.28 bits per heavy atom. The van der Waals surface area contributed by atoms with Crippen LogP contribution >= 0.6 is 46.4 Å². The fourth-order valence-electron chi connectivity index (χ4n) is 2.36. The van der Waals surface area contributed by atoms with Gasteiger partial charge in [-0.1, -0.05) is 58.5 Å². The van der Waals surface area contributed by atoms with Crippen LogP contribution in [0.1, 0.15) is 21.5 Å². The van der Waals surface area contributed by atoms with E-state index in [9.17, 15) is 4.79 Å². The molecule has 3 rings (SSSR count). The highest BCUT2D eigenvalue weighted by atomic mass is 35.5. The van der Waals surface area contributed by atoms with E-state index in [1.165, 1.54) is 6.21 Å². The van der Waals surface area contributed by atoms with Crippen molar-refractivity contribution >= 4 is 58.5 Å². The number of carbonyl (C=O) groups is 1. The molecule has 0 atom stereocenters. The minimum absolute atomic E-state index is 0.282.